The van der Waals surface area contributed by atoms with Crippen molar-refractivity contribution in [2.75, 3.05) is 0 Å². The Hall–Kier alpha value is -1.90. The second-order valence-electron chi connectivity index (χ2n) is 6.33. The predicted octanol–water partition coefficient (Wildman–Crippen LogP) is 7.50. The molecule has 1 rings (SSSR count). The molecule has 0 N–H and O–H groups in total. The van der Waals surface area contributed by atoms with Crippen molar-refractivity contribution in [1.29, 1.82) is 0 Å². The number of Topliss-reactive ketones (excluding diaryl/α,β-unsaturated/α-hetero) is 1. The van der Waals surface area contributed by atoms with E-state index in [-0.39, 0.29) is 16.6 Å². The fraction of sp³-hybridized carbons (Fsp3) is 0.533. The van der Waals surface area contributed by atoms with Gasteiger partial charge in [-0.1, -0.05) is 28.1 Å². The maximum Gasteiger partial charge on any atom is 0.462 e. The molecule has 0 aliphatic carbocycles. The summed E-state index contributed by atoms with van der Waals surface area (Å²) in [6, 6.07) is 1.71. The fourth-order valence-electron chi connectivity index (χ4n) is 1.95. The van der Waals surface area contributed by atoms with Crippen molar-refractivity contribution in [3.05, 3.63) is 34.3 Å². The summed E-state index contributed by atoms with van der Waals surface area (Å²) in [6.07, 6.45) is -38.5. The monoisotopic (exact) mass is 634 g/mol. The lowest BCUT2D eigenvalue weighted by Gasteiger charge is -2.40. The Morgan fingerprint density at radius 3 is 1.33 bits per heavy atom. The van der Waals surface area contributed by atoms with Gasteiger partial charge in [-0.2, -0.15) is 74.6 Å². The zero-order chi connectivity index (χ0) is 29.0. The van der Waals surface area contributed by atoms with Gasteiger partial charge in [-0.15, -0.1) is 0 Å². The minimum atomic E-state index is -8.04. The Balaban J connectivity index is 3.71. The van der Waals surface area contributed by atoms with E-state index in [9.17, 15) is 79.4 Å². The van der Waals surface area contributed by atoms with Crippen LogP contribution in [0.15, 0.2) is 28.7 Å². The molecule has 0 radical (unpaired) electrons. The number of hydrogen-bond donors (Lipinski definition) is 0. The molecule has 0 bridgehead atoms. The lowest BCUT2D eigenvalue weighted by atomic mass is 10.0. The third-order valence-corrected chi connectivity index (χ3v) is 4.29. The lowest BCUT2D eigenvalue weighted by molar-refractivity contribution is -0.547. The summed E-state index contributed by atoms with van der Waals surface area (Å²) in [5.41, 5.74) is -1.61. The predicted molar refractivity (Wildman–Crippen MR) is 81.3 cm³/mol. The van der Waals surface area contributed by atoms with Crippen LogP contribution in [0.2, 0.25) is 0 Å². The van der Waals surface area contributed by atoms with Crippen LogP contribution in [0.4, 0.5) is 74.6 Å². The molecule has 2 atom stereocenters. The summed E-state index contributed by atoms with van der Waals surface area (Å²) in [5.74, 6) is -26.0. The van der Waals surface area contributed by atoms with Crippen LogP contribution in [0.1, 0.15) is 10.4 Å². The molecule has 0 aliphatic heterocycles. The van der Waals surface area contributed by atoms with Gasteiger partial charge in [-0.3, -0.25) is 14.3 Å². The van der Waals surface area contributed by atoms with Crippen LogP contribution in [-0.2, 0) is 9.47 Å². The normalized spacial score (nSPS) is 17.9. The molecule has 0 aromatic heterocycles. The highest BCUT2D eigenvalue weighted by molar-refractivity contribution is 9.10. The van der Waals surface area contributed by atoms with Crippen LogP contribution < -0.4 is 0 Å². The van der Waals surface area contributed by atoms with Crippen LogP contribution in [0.25, 0.3) is 0 Å². The van der Waals surface area contributed by atoms with E-state index in [1.807, 2.05) is 4.74 Å². The Morgan fingerprint density at radius 1 is 0.583 bits per heavy atom. The minimum absolute atomic E-state index is 0.0668. The van der Waals surface area contributed by atoms with Gasteiger partial charge in [0.15, 0.2) is 0 Å². The standard InChI is InChI=1S/C15H4BrF17O3/c16-6-3-1-5(2-4-6)7(34)8(17,11(21,22)23)35-15(32,33)10(20,13(27,28)29)36-14(30,31)9(18,19)12(24,25)26/h1-4H/t8-,10+/m1/s1. The molecule has 0 saturated carbocycles. The van der Waals surface area contributed by atoms with E-state index >= 15 is 0 Å². The van der Waals surface area contributed by atoms with Gasteiger partial charge < -0.3 is 0 Å². The summed E-state index contributed by atoms with van der Waals surface area (Å²) in [7, 11) is 0. The second-order valence-corrected chi connectivity index (χ2v) is 7.25. The van der Waals surface area contributed by atoms with E-state index in [1.165, 1.54) is 4.74 Å². The van der Waals surface area contributed by atoms with Gasteiger partial charge in [0.05, 0.1) is 0 Å². The number of halogens is 18. The Bertz CT molecular complexity index is 952. The summed E-state index contributed by atoms with van der Waals surface area (Å²) in [6.45, 7) is 0. The van der Waals surface area contributed by atoms with E-state index in [4.69, 9.17) is 0 Å². The van der Waals surface area contributed by atoms with E-state index in [1.54, 1.807) is 0 Å². The zero-order valence-electron chi connectivity index (χ0n) is 15.8. The maximum absolute atomic E-state index is 14.5. The number of ether oxygens (including phenoxy) is 2. The highest BCUT2D eigenvalue weighted by Gasteiger charge is 2.85. The van der Waals surface area contributed by atoms with Crippen LogP contribution in [0, 0.1) is 0 Å². The Kier molecular flexibility index (Phi) is 8.15. The molecule has 21 heteroatoms. The molecule has 36 heavy (non-hydrogen) atoms. The van der Waals surface area contributed by atoms with Gasteiger partial charge in [0, 0.05) is 10.0 Å². The molecule has 0 spiro atoms. The molecule has 0 aliphatic rings. The highest BCUT2D eigenvalue weighted by Crippen LogP contribution is 2.56. The van der Waals surface area contributed by atoms with Crippen molar-refractivity contribution in [3.63, 3.8) is 0 Å². The SMILES string of the molecule is O=C(c1ccc(Br)cc1)[C@@](F)(OC(F)(F)[C@@](F)(OC(F)(F)C(F)(F)C(F)(F)F)C(F)(F)F)C(F)(F)F. The molecule has 0 unspecified atom stereocenters. The van der Waals surface area contributed by atoms with Gasteiger partial charge in [0.25, 0.3) is 0 Å². The van der Waals surface area contributed by atoms with Gasteiger partial charge in [0.2, 0.25) is 5.78 Å². The number of ketones is 1. The average molecular weight is 635 g/mol. The maximum atomic E-state index is 14.5. The first-order valence-corrected chi connectivity index (χ1v) is 8.79. The first kappa shape index (κ1) is 32.1. The van der Waals surface area contributed by atoms with E-state index in [0.717, 1.165) is 0 Å². The van der Waals surface area contributed by atoms with Crippen molar-refractivity contribution in [2.24, 2.45) is 0 Å². The number of carbonyl (C=O) groups excluding carboxylic acids is 1. The Morgan fingerprint density at radius 2 is 1.00 bits per heavy atom. The second kappa shape index (κ2) is 9.14. The molecule has 1 aromatic carbocycles. The molecule has 1 aromatic rings. The number of alkyl halides is 17. The third-order valence-electron chi connectivity index (χ3n) is 3.76. The number of hydrogen-bond acceptors (Lipinski definition) is 3. The van der Waals surface area contributed by atoms with Crippen molar-refractivity contribution >= 4 is 21.7 Å². The van der Waals surface area contributed by atoms with Crippen molar-refractivity contribution in [1.82, 2.24) is 0 Å². The molecule has 0 fully saturated rings. The van der Waals surface area contributed by atoms with Gasteiger partial charge in [-0.05, 0) is 12.1 Å². The van der Waals surface area contributed by atoms with Crippen molar-refractivity contribution < 1.29 is 88.9 Å². The van der Waals surface area contributed by atoms with Crippen LogP contribution in [-0.4, -0.2) is 54.2 Å². The van der Waals surface area contributed by atoms with Gasteiger partial charge >= 0.3 is 48.4 Å². The fourth-order valence-corrected chi connectivity index (χ4v) is 2.21. The van der Waals surface area contributed by atoms with E-state index in [2.05, 4.69) is 15.9 Å². The molecule has 208 valence electrons. The lowest BCUT2D eigenvalue weighted by Crippen LogP contribution is -2.68. The smallest absolute Gasteiger partial charge is 0.287 e. The Labute approximate surface area is 194 Å². The first-order valence-electron chi connectivity index (χ1n) is 7.99. The largest absolute Gasteiger partial charge is 0.462 e. The van der Waals surface area contributed by atoms with Crippen LogP contribution in [0.3, 0.4) is 0 Å². The molecule has 0 heterocycles. The number of rotatable bonds is 8. The van der Waals surface area contributed by atoms with Crippen LogP contribution in [0.5, 0.6) is 0 Å². The third kappa shape index (κ3) is 5.50. The number of carbonyl (C=O) groups is 1. The van der Waals surface area contributed by atoms with Crippen molar-refractivity contribution in [3.8, 4) is 0 Å². The number of benzene rings is 1. The van der Waals surface area contributed by atoms with E-state index in [0.29, 0.717) is 12.1 Å². The highest BCUT2D eigenvalue weighted by atomic mass is 79.9. The van der Waals surface area contributed by atoms with E-state index < -0.39 is 59.7 Å². The summed E-state index contributed by atoms with van der Waals surface area (Å²) in [4.78, 5) is 11.8. The molecule has 0 amide bonds. The van der Waals surface area contributed by atoms with Gasteiger partial charge in [0.1, 0.15) is 0 Å². The molecule has 0 saturated heterocycles. The van der Waals surface area contributed by atoms with Gasteiger partial charge in [-0.25, -0.2) is 0 Å². The average Bonchev–Trinajstić information content (AvgIpc) is 2.64. The quantitative estimate of drug-likeness (QED) is 0.219. The van der Waals surface area contributed by atoms with Crippen LogP contribution >= 0.6 is 15.9 Å². The molecular formula is C15H4BrF17O3. The van der Waals surface area contributed by atoms with Crippen molar-refractivity contribution in [2.45, 2.75) is 48.4 Å². The summed E-state index contributed by atoms with van der Waals surface area (Å²) < 4.78 is 226. The zero-order valence-corrected chi connectivity index (χ0v) is 17.4. The molecule has 3 nitrogen and oxygen atoms in total. The molecular weight excluding hydrogens is 631 g/mol. The topological polar surface area (TPSA) is 35.5 Å². The minimum Gasteiger partial charge on any atom is -0.287 e. The summed E-state index contributed by atoms with van der Waals surface area (Å²) in [5, 5.41) is 0. The first-order chi connectivity index (χ1) is 15.6. The summed E-state index contributed by atoms with van der Waals surface area (Å²) >= 11 is 2.66.